The van der Waals surface area contributed by atoms with E-state index < -0.39 is 67.9 Å². The molecule has 1 unspecified atom stereocenters. The van der Waals surface area contributed by atoms with Crippen molar-refractivity contribution in [2.45, 2.75) is 31.4 Å². The van der Waals surface area contributed by atoms with Gasteiger partial charge in [-0.3, -0.25) is 4.55 Å². The Labute approximate surface area is 201 Å². The Hall–Kier alpha value is -2.68. The number of halogens is 3. The summed E-state index contributed by atoms with van der Waals surface area (Å²) < 4.78 is 94.0. The Kier molecular flexibility index (Phi) is 9.28. The van der Waals surface area contributed by atoms with Crippen molar-refractivity contribution >= 4 is 26.1 Å². The van der Waals surface area contributed by atoms with Gasteiger partial charge in [0.2, 0.25) is 0 Å². The van der Waals surface area contributed by atoms with Crippen molar-refractivity contribution in [3.8, 4) is 0 Å². The van der Waals surface area contributed by atoms with E-state index in [4.69, 9.17) is 14.4 Å². The number of nitrogens with two attached hydrogens (primary N) is 1. The van der Waals surface area contributed by atoms with Crippen molar-refractivity contribution in [1.29, 1.82) is 0 Å². The van der Waals surface area contributed by atoms with Crippen molar-refractivity contribution in [3.63, 3.8) is 0 Å². The minimum Gasteiger partial charge on any atom is -0.445 e. The second kappa shape index (κ2) is 11.4. The highest BCUT2D eigenvalue weighted by Crippen LogP contribution is 2.27. The summed E-state index contributed by atoms with van der Waals surface area (Å²) >= 11 is 0. The monoisotopic (exact) mass is 537 g/mol. The molecule has 4 N–H and O–H groups in total. The van der Waals surface area contributed by atoms with E-state index in [2.05, 4.69) is 9.68 Å². The largest absolute Gasteiger partial charge is 0.445 e. The second-order valence-electron chi connectivity index (χ2n) is 8.01. The zero-order chi connectivity index (χ0) is 26.3. The topological polar surface area (TPSA) is 148 Å². The van der Waals surface area contributed by atoms with E-state index in [1.54, 1.807) is 30.3 Å². The molecule has 2 aromatic rings. The SMILES string of the molecule is C[C@@](CS(N)(=O)=NCC(F)(F)CCS(=O)(=O)O)(NC(=O)OCc1ccccc1)c1ccccc1F. The lowest BCUT2D eigenvalue weighted by Gasteiger charge is -2.31. The molecule has 0 aliphatic rings. The molecular formula is C21H26F3N3O6S2. The van der Waals surface area contributed by atoms with E-state index in [0.717, 1.165) is 6.07 Å². The number of rotatable bonds is 11. The molecule has 2 aromatic carbocycles. The average Bonchev–Trinajstić information content (AvgIpc) is 2.75. The summed E-state index contributed by atoms with van der Waals surface area (Å²) in [5.41, 5.74) is -1.25. The van der Waals surface area contributed by atoms with Crippen molar-refractivity contribution in [2.75, 3.05) is 18.1 Å². The van der Waals surface area contributed by atoms with Gasteiger partial charge in [0.1, 0.15) is 28.9 Å². The normalized spacial score (nSPS) is 15.5. The van der Waals surface area contributed by atoms with Gasteiger partial charge in [0, 0.05) is 12.0 Å². The first-order valence-corrected chi connectivity index (χ1v) is 13.5. The van der Waals surface area contributed by atoms with E-state index in [9.17, 15) is 30.6 Å². The highest BCUT2D eigenvalue weighted by molar-refractivity contribution is 7.91. The fourth-order valence-electron chi connectivity index (χ4n) is 3.09. The van der Waals surface area contributed by atoms with Crippen molar-refractivity contribution in [2.24, 2.45) is 9.50 Å². The maximum Gasteiger partial charge on any atom is 0.408 e. The summed E-state index contributed by atoms with van der Waals surface area (Å²) in [6.07, 6.45) is -2.28. The first-order chi connectivity index (χ1) is 16.1. The molecule has 0 heterocycles. The summed E-state index contributed by atoms with van der Waals surface area (Å²) in [7, 11) is -8.60. The van der Waals surface area contributed by atoms with Gasteiger partial charge in [-0.1, -0.05) is 48.5 Å². The third kappa shape index (κ3) is 9.84. The summed E-state index contributed by atoms with van der Waals surface area (Å²) in [5, 5.41) is 8.06. The molecule has 0 aliphatic carbocycles. The highest BCUT2D eigenvalue weighted by atomic mass is 32.2. The molecule has 0 fully saturated rings. The molecule has 35 heavy (non-hydrogen) atoms. The molecule has 14 heteroatoms. The first-order valence-electron chi connectivity index (χ1n) is 10.2. The maximum absolute atomic E-state index is 14.6. The van der Waals surface area contributed by atoms with Crippen molar-refractivity contribution in [3.05, 3.63) is 71.5 Å². The van der Waals surface area contributed by atoms with Crippen LogP contribution in [0.5, 0.6) is 0 Å². The molecule has 0 aromatic heterocycles. The minimum absolute atomic E-state index is 0.123. The van der Waals surface area contributed by atoms with Gasteiger partial charge in [-0.05, 0) is 18.6 Å². The Morgan fingerprint density at radius 2 is 1.71 bits per heavy atom. The van der Waals surface area contributed by atoms with Crippen LogP contribution >= 0.6 is 0 Å². The quantitative estimate of drug-likeness (QED) is 0.375. The van der Waals surface area contributed by atoms with Gasteiger partial charge in [-0.25, -0.2) is 31.7 Å². The lowest BCUT2D eigenvalue weighted by molar-refractivity contribution is 0.00843. The van der Waals surface area contributed by atoms with Gasteiger partial charge in [0.15, 0.2) is 0 Å². The first kappa shape index (κ1) is 28.6. The number of carbonyl (C=O) groups excluding carboxylic acids is 1. The average molecular weight is 538 g/mol. The van der Waals surface area contributed by atoms with Crippen LogP contribution < -0.4 is 10.5 Å². The Morgan fingerprint density at radius 3 is 2.31 bits per heavy atom. The zero-order valence-corrected chi connectivity index (χ0v) is 20.3. The summed E-state index contributed by atoms with van der Waals surface area (Å²) in [4.78, 5) is 12.5. The number of nitrogens with one attached hydrogen (secondary N) is 1. The van der Waals surface area contributed by atoms with Crippen LogP contribution in [-0.2, 0) is 36.9 Å². The number of hydrogen-bond acceptors (Lipinski definition) is 6. The van der Waals surface area contributed by atoms with Gasteiger partial charge in [-0.2, -0.15) is 8.42 Å². The van der Waals surface area contributed by atoms with Crippen LogP contribution in [0.2, 0.25) is 0 Å². The predicted molar refractivity (Wildman–Crippen MR) is 124 cm³/mol. The number of alkyl carbamates (subject to hydrolysis) is 1. The lowest BCUT2D eigenvalue weighted by Crippen LogP contribution is -2.50. The number of amides is 1. The molecule has 194 valence electrons. The standard InChI is InChI=1S/C21H26F3N3O6S2/c1-20(17-9-5-6-10-18(17)22,27-19(28)33-13-16-7-3-2-4-8-16)15-34(25,29)26-14-21(23,24)11-12-35(30,31)32/h2-10H,11-15H2,1H3,(H,27,28)(H2,25,26,29)(H,30,31,32)/t20-,34?/m0/s1. The molecular weight excluding hydrogens is 511 g/mol. The van der Waals surface area contributed by atoms with Gasteiger partial charge in [-0.15, -0.1) is 0 Å². The van der Waals surface area contributed by atoms with Crippen molar-refractivity contribution in [1.82, 2.24) is 5.32 Å². The predicted octanol–water partition coefficient (Wildman–Crippen LogP) is 3.22. The van der Waals surface area contributed by atoms with E-state index in [-0.39, 0.29) is 12.2 Å². The van der Waals surface area contributed by atoms with Crippen LogP contribution in [0.15, 0.2) is 59.0 Å². The highest BCUT2D eigenvalue weighted by Gasteiger charge is 2.36. The molecule has 1 amide bonds. The number of benzene rings is 2. The zero-order valence-electron chi connectivity index (χ0n) is 18.7. The third-order valence-electron chi connectivity index (χ3n) is 4.79. The fraction of sp³-hybridized carbons (Fsp3) is 0.381. The number of nitrogens with zero attached hydrogens (tertiary/aromatic N) is 1. The van der Waals surface area contributed by atoms with Crippen LogP contribution in [-0.4, -0.2) is 47.2 Å². The van der Waals surface area contributed by atoms with Gasteiger partial charge < -0.3 is 10.1 Å². The second-order valence-corrected chi connectivity index (χ2v) is 11.5. The molecule has 2 atom stereocenters. The third-order valence-corrected chi connectivity index (χ3v) is 7.07. The molecule has 2 rings (SSSR count). The smallest absolute Gasteiger partial charge is 0.408 e. The Bertz CT molecular complexity index is 1250. The summed E-state index contributed by atoms with van der Waals surface area (Å²) in [6, 6.07) is 13.9. The van der Waals surface area contributed by atoms with Gasteiger partial charge >= 0.3 is 6.09 Å². The molecule has 9 nitrogen and oxygen atoms in total. The number of ether oxygens (including phenoxy) is 1. The number of alkyl halides is 2. The lowest BCUT2D eigenvalue weighted by atomic mass is 9.94. The molecule has 0 aliphatic heterocycles. The minimum atomic E-state index is -4.65. The van der Waals surface area contributed by atoms with E-state index >= 15 is 0 Å². The Balaban J connectivity index is 2.24. The van der Waals surface area contributed by atoms with E-state index in [1.165, 1.54) is 25.1 Å². The Morgan fingerprint density at radius 1 is 1.11 bits per heavy atom. The van der Waals surface area contributed by atoms with Crippen LogP contribution in [0.1, 0.15) is 24.5 Å². The van der Waals surface area contributed by atoms with Crippen LogP contribution in [0, 0.1) is 5.82 Å². The van der Waals surface area contributed by atoms with Gasteiger partial charge in [0.05, 0.1) is 17.0 Å². The van der Waals surface area contributed by atoms with Crippen molar-refractivity contribution < 1.29 is 39.9 Å². The molecule has 0 radical (unpaired) electrons. The van der Waals surface area contributed by atoms with Crippen LogP contribution in [0.3, 0.4) is 0 Å². The van der Waals surface area contributed by atoms with E-state index in [1.807, 2.05) is 0 Å². The molecule has 0 spiro atoms. The summed E-state index contributed by atoms with van der Waals surface area (Å²) in [6.45, 7) is -0.250. The fourth-order valence-corrected chi connectivity index (χ4v) is 5.20. The molecule has 0 bridgehead atoms. The van der Waals surface area contributed by atoms with E-state index in [0.29, 0.717) is 5.56 Å². The number of carbonyl (C=O) groups is 1. The van der Waals surface area contributed by atoms with Crippen LogP contribution in [0.25, 0.3) is 0 Å². The van der Waals surface area contributed by atoms with Gasteiger partial charge in [0.25, 0.3) is 16.0 Å². The molecule has 0 saturated carbocycles. The maximum atomic E-state index is 14.6. The number of hydrogen-bond donors (Lipinski definition) is 3. The van der Waals surface area contributed by atoms with Crippen LogP contribution in [0.4, 0.5) is 18.0 Å². The summed E-state index contributed by atoms with van der Waals surface area (Å²) in [5.74, 6) is -6.53. The molecule has 0 saturated heterocycles.